The highest BCUT2D eigenvalue weighted by Gasteiger charge is 2.42. The van der Waals surface area contributed by atoms with Gasteiger partial charge in [-0.1, -0.05) is 18.2 Å². The maximum Gasteiger partial charge on any atom is 0.276 e. The van der Waals surface area contributed by atoms with Gasteiger partial charge in [-0.2, -0.15) is 10.2 Å². The van der Waals surface area contributed by atoms with Crippen LogP contribution in [0.5, 0.6) is 0 Å². The van der Waals surface area contributed by atoms with Gasteiger partial charge in [-0.25, -0.2) is 18.5 Å². The number of carbonyl (C=O) groups is 1. The van der Waals surface area contributed by atoms with Crippen LogP contribution in [0.1, 0.15) is 35.4 Å². The summed E-state index contributed by atoms with van der Waals surface area (Å²) in [6.45, 7) is 1.10. The van der Waals surface area contributed by atoms with E-state index in [1.807, 2.05) is 36.5 Å². The van der Waals surface area contributed by atoms with Crippen LogP contribution in [0.25, 0.3) is 5.69 Å². The topological polar surface area (TPSA) is 59.7 Å². The molecule has 3 aliphatic rings. The van der Waals surface area contributed by atoms with E-state index in [2.05, 4.69) is 10.2 Å². The van der Waals surface area contributed by atoms with E-state index in [-0.39, 0.29) is 28.8 Å². The molecule has 2 aliphatic heterocycles. The number of ether oxygens (including phenoxy) is 1. The molecule has 0 spiro atoms. The molecule has 1 unspecified atom stereocenters. The van der Waals surface area contributed by atoms with Crippen molar-refractivity contribution in [2.24, 2.45) is 5.10 Å². The van der Waals surface area contributed by atoms with Crippen molar-refractivity contribution >= 4 is 11.6 Å². The van der Waals surface area contributed by atoms with E-state index in [1.165, 1.54) is 5.01 Å². The molecule has 1 fully saturated rings. The second-order valence-corrected chi connectivity index (χ2v) is 8.77. The number of hydrazone groups is 1. The number of nitrogens with zero attached hydrogens (tertiary/aromatic N) is 4. The van der Waals surface area contributed by atoms with E-state index in [9.17, 15) is 4.79 Å². The van der Waals surface area contributed by atoms with Crippen molar-refractivity contribution in [3.8, 4) is 5.69 Å². The molecule has 1 atom stereocenters. The Bertz CT molecular complexity index is 1310. The van der Waals surface area contributed by atoms with Gasteiger partial charge in [-0.3, -0.25) is 4.79 Å². The van der Waals surface area contributed by atoms with Gasteiger partial charge < -0.3 is 4.74 Å². The molecular weight excluding hydrogens is 438 g/mol. The molecule has 1 saturated heterocycles. The first-order valence-electron chi connectivity index (χ1n) is 11.4. The lowest BCUT2D eigenvalue weighted by Gasteiger charge is -2.27. The zero-order valence-electron chi connectivity index (χ0n) is 18.3. The Morgan fingerprint density at radius 3 is 2.53 bits per heavy atom. The lowest BCUT2D eigenvalue weighted by Crippen LogP contribution is -2.38. The Morgan fingerprint density at radius 2 is 1.79 bits per heavy atom. The summed E-state index contributed by atoms with van der Waals surface area (Å²) in [6.07, 6.45) is 7.07. The summed E-state index contributed by atoms with van der Waals surface area (Å²) in [7, 11) is 0. The summed E-state index contributed by atoms with van der Waals surface area (Å²) in [5.41, 5.74) is 2.77. The molecule has 0 N–H and O–H groups in total. The van der Waals surface area contributed by atoms with E-state index in [4.69, 9.17) is 4.74 Å². The summed E-state index contributed by atoms with van der Waals surface area (Å²) >= 11 is 0. The molecular formula is C26H22F2N4O2. The number of allylic oxidation sites excluding steroid dienone is 1. The maximum absolute atomic E-state index is 15.1. The lowest BCUT2D eigenvalue weighted by molar-refractivity contribution is -0.129. The van der Waals surface area contributed by atoms with Crippen LogP contribution < -0.4 is 0 Å². The van der Waals surface area contributed by atoms with E-state index in [1.54, 1.807) is 17.0 Å². The number of benzene rings is 2. The van der Waals surface area contributed by atoms with Gasteiger partial charge in [0, 0.05) is 42.7 Å². The number of fused-ring (bicyclic) bond motifs is 3. The second-order valence-electron chi connectivity index (χ2n) is 8.77. The van der Waals surface area contributed by atoms with Crippen molar-refractivity contribution in [2.45, 2.75) is 31.2 Å². The van der Waals surface area contributed by atoms with Gasteiger partial charge in [0.1, 0.15) is 17.3 Å². The third kappa shape index (κ3) is 3.45. The van der Waals surface area contributed by atoms with Crippen LogP contribution in [0.3, 0.4) is 0 Å². The minimum absolute atomic E-state index is 0.0959. The Balaban J connectivity index is 1.37. The van der Waals surface area contributed by atoms with Crippen LogP contribution in [-0.4, -0.2) is 45.7 Å². The van der Waals surface area contributed by atoms with Gasteiger partial charge in [0.2, 0.25) is 0 Å². The number of carbonyl (C=O) groups excluding carboxylic acids is 1. The molecule has 3 aromatic rings. The minimum atomic E-state index is -0.568. The van der Waals surface area contributed by atoms with E-state index in [0.29, 0.717) is 38.0 Å². The van der Waals surface area contributed by atoms with Crippen molar-refractivity contribution in [3.05, 3.63) is 94.8 Å². The van der Waals surface area contributed by atoms with E-state index >= 15 is 8.78 Å². The lowest BCUT2D eigenvalue weighted by atomic mass is 9.79. The Morgan fingerprint density at radius 1 is 1.03 bits per heavy atom. The van der Waals surface area contributed by atoms with Crippen LogP contribution in [0.4, 0.5) is 8.78 Å². The third-order valence-corrected chi connectivity index (χ3v) is 6.72. The third-order valence-electron chi connectivity index (χ3n) is 6.72. The molecule has 1 aromatic heterocycles. The quantitative estimate of drug-likeness (QED) is 0.588. The monoisotopic (exact) mass is 460 g/mol. The molecule has 172 valence electrons. The predicted octanol–water partition coefficient (Wildman–Crippen LogP) is 4.14. The Hall–Kier alpha value is -3.65. The summed E-state index contributed by atoms with van der Waals surface area (Å²) in [6, 6.07) is 11.8. The average molecular weight is 460 g/mol. The van der Waals surface area contributed by atoms with Crippen LogP contribution in [0.2, 0.25) is 0 Å². The molecule has 8 heteroatoms. The van der Waals surface area contributed by atoms with Gasteiger partial charge in [0.25, 0.3) is 5.91 Å². The fourth-order valence-corrected chi connectivity index (χ4v) is 5.02. The highest BCUT2D eigenvalue weighted by molar-refractivity contribution is 6.32. The van der Waals surface area contributed by atoms with Gasteiger partial charge in [-0.15, -0.1) is 0 Å². The van der Waals surface area contributed by atoms with Crippen molar-refractivity contribution < 1.29 is 18.3 Å². The number of hydrogen-bond donors (Lipinski definition) is 0. The molecule has 0 saturated carbocycles. The van der Waals surface area contributed by atoms with Gasteiger partial charge in [0.15, 0.2) is 0 Å². The fraction of sp³-hybridized carbons (Fsp3) is 0.269. The first kappa shape index (κ1) is 20.9. The molecule has 6 nitrogen and oxygen atoms in total. The minimum Gasteiger partial charge on any atom is -0.381 e. The fourth-order valence-electron chi connectivity index (χ4n) is 5.02. The molecule has 0 bridgehead atoms. The smallest absolute Gasteiger partial charge is 0.276 e. The van der Waals surface area contributed by atoms with Crippen LogP contribution in [0, 0.1) is 11.6 Å². The molecule has 1 amide bonds. The normalized spacial score (nSPS) is 20.1. The number of hydrogen-bond acceptors (Lipinski definition) is 4. The molecule has 34 heavy (non-hydrogen) atoms. The molecule has 3 heterocycles. The average Bonchev–Trinajstić information content (AvgIpc) is 3.51. The maximum atomic E-state index is 15.1. The first-order chi connectivity index (χ1) is 16.6. The summed E-state index contributed by atoms with van der Waals surface area (Å²) in [4.78, 5) is 13.3. The molecule has 0 radical (unpaired) electrons. The number of rotatable bonds is 4. The number of aromatic nitrogens is 2. The van der Waals surface area contributed by atoms with Gasteiger partial charge >= 0.3 is 0 Å². The van der Waals surface area contributed by atoms with Crippen LogP contribution in [-0.2, 0) is 16.0 Å². The Kier molecular flexibility index (Phi) is 5.10. The SMILES string of the molecule is O=C1C2=CC(Cc3ccc(-n4cccn4)cc3)c3c(F)ccc(F)c3C2=NN1C1CCOCC1. The van der Waals surface area contributed by atoms with Gasteiger partial charge in [-0.05, 0) is 55.2 Å². The second kappa shape index (κ2) is 8.29. The number of amides is 1. The summed E-state index contributed by atoms with van der Waals surface area (Å²) in [5.74, 6) is -1.81. The van der Waals surface area contributed by atoms with Crippen LogP contribution in [0.15, 0.2) is 71.6 Å². The molecule has 6 rings (SSSR count). The summed E-state index contributed by atoms with van der Waals surface area (Å²) in [5, 5.41) is 10.2. The number of halogens is 2. The van der Waals surface area contributed by atoms with Crippen molar-refractivity contribution in [3.63, 3.8) is 0 Å². The van der Waals surface area contributed by atoms with Crippen LogP contribution >= 0.6 is 0 Å². The van der Waals surface area contributed by atoms with Crippen molar-refractivity contribution in [1.29, 1.82) is 0 Å². The van der Waals surface area contributed by atoms with E-state index in [0.717, 1.165) is 23.4 Å². The molecule has 2 aromatic carbocycles. The predicted molar refractivity (Wildman–Crippen MR) is 122 cm³/mol. The highest BCUT2D eigenvalue weighted by Crippen LogP contribution is 2.40. The Labute approximate surface area is 195 Å². The van der Waals surface area contributed by atoms with Crippen molar-refractivity contribution in [2.75, 3.05) is 13.2 Å². The molecule has 1 aliphatic carbocycles. The van der Waals surface area contributed by atoms with Crippen molar-refractivity contribution in [1.82, 2.24) is 14.8 Å². The van der Waals surface area contributed by atoms with E-state index < -0.39 is 17.6 Å². The highest BCUT2D eigenvalue weighted by atomic mass is 19.1. The first-order valence-corrected chi connectivity index (χ1v) is 11.4. The summed E-state index contributed by atoms with van der Waals surface area (Å²) < 4.78 is 37.3. The largest absolute Gasteiger partial charge is 0.381 e. The zero-order chi connectivity index (χ0) is 23.2. The van der Waals surface area contributed by atoms with Gasteiger partial charge in [0.05, 0.1) is 17.3 Å². The zero-order valence-corrected chi connectivity index (χ0v) is 18.3. The standard InChI is InChI=1S/C26H22F2N4O2/c27-21-6-7-22(28)24-23(21)17(14-16-2-4-18(5-3-16)31-11-1-10-29-31)15-20-25(24)30-32(26(20)33)19-8-12-34-13-9-19/h1-7,10-11,15,17,19H,8-9,12-14H2.